The van der Waals surface area contributed by atoms with Crippen molar-refractivity contribution in [3.8, 4) is 0 Å². The van der Waals surface area contributed by atoms with Gasteiger partial charge in [-0.25, -0.2) is 0 Å². The Morgan fingerprint density at radius 2 is 2.00 bits per heavy atom. The average Bonchev–Trinajstić information content (AvgIpc) is 3.02. The zero-order valence-corrected chi connectivity index (χ0v) is 11.9. The quantitative estimate of drug-likeness (QED) is 0.737. The van der Waals surface area contributed by atoms with Gasteiger partial charge in [-0.15, -0.1) is 0 Å². The second kappa shape index (κ2) is 6.37. The molecule has 2 aliphatic heterocycles. The van der Waals surface area contributed by atoms with E-state index >= 15 is 0 Å². The molecule has 0 aliphatic carbocycles. The van der Waals surface area contributed by atoms with Crippen molar-refractivity contribution in [3.05, 3.63) is 0 Å². The molecule has 0 spiro atoms. The molecule has 2 bridgehead atoms. The Balaban J connectivity index is 1.68. The minimum Gasteiger partial charge on any atom is -0.355 e. The van der Waals surface area contributed by atoms with Gasteiger partial charge in [-0.1, -0.05) is 0 Å². The van der Waals surface area contributed by atoms with Gasteiger partial charge in [-0.3, -0.25) is 9.59 Å². The first kappa shape index (κ1) is 14.3. The van der Waals surface area contributed by atoms with Crippen LogP contribution in [0.3, 0.4) is 0 Å². The van der Waals surface area contributed by atoms with Crippen LogP contribution in [0.2, 0.25) is 0 Å². The van der Waals surface area contributed by atoms with Crippen molar-refractivity contribution in [2.45, 2.75) is 51.6 Å². The fraction of sp³-hybridized carbons (Fsp3) is 0.857. The van der Waals surface area contributed by atoms with E-state index in [1.807, 2.05) is 13.8 Å². The molecule has 2 rings (SSSR count). The number of carbonyl (C=O) groups is 2. The molecular formula is C14H25N3O2. The Morgan fingerprint density at radius 3 is 2.53 bits per heavy atom. The molecular weight excluding hydrogens is 242 g/mol. The molecule has 0 aromatic carbocycles. The molecule has 2 saturated heterocycles. The van der Waals surface area contributed by atoms with Crippen LogP contribution in [-0.4, -0.2) is 48.4 Å². The molecule has 5 heteroatoms. The summed E-state index contributed by atoms with van der Waals surface area (Å²) in [6.07, 6.45) is 3.68. The van der Waals surface area contributed by atoms with Gasteiger partial charge in [0.15, 0.2) is 0 Å². The second-order valence-corrected chi connectivity index (χ2v) is 5.50. The minimum absolute atomic E-state index is 0.113. The van der Waals surface area contributed by atoms with Crippen molar-refractivity contribution in [2.24, 2.45) is 5.92 Å². The van der Waals surface area contributed by atoms with Gasteiger partial charge in [-0.2, -0.15) is 0 Å². The zero-order chi connectivity index (χ0) is 13.8. The summed E-state index contributed by atoms with van der Waals surface area (Å²) in [5.41, 5.74) is 0. The van der Waals surface area contributed by atoms with E-state index < -0.39 is 0 Å². The lowest BCUT2D eigenvalue weighted by Gasteiger charge is -2.21. The molecule has 2 N–H and O–H groups in total. The fourth-order valence-corrected chi connectivity index (χ4v) is 3.27. The Kier molecular flexibility index (Phi) is 4.80. The average molecular weight is 267 g/mol. The lowest BCUT2D eigenvalue weighted by Crippen LogP contribution is -2.39. The van der Waals surface area contributed by atoms with Crippen molar-refractivity contribution in [2.75, 3.05) is 19.6 Å². The van der Waals surface area contributed by atoms with Gasteiger partial charge in [0.1, 0.15) is 0 Å². The fourth-order valence-electron chi connectivity index (χ4n) is 3.27. The minimum atomic E-state index is 0.113. The zero-order valence-electron chi connectivity index (χ0n) is 11.9. The lowest BCUT2D eigenvalue weighted by atomic mass is 9.88. The number of rotatable bonds is 6. The molecule has 2 amide bonds. The third kappa shape index (κ3) is 3.26. The van der Waals surface area contributed by atoms with Crippen molar-refractivity contribution < 1.29 is 9.59 Å². The molecule has 2 heterocycles. The van der Waals surface area contributed by atoms with Crippen LogP contribution in [0.25, 0.3) is 0 Å². The highest BCUT2D eigenvalue weighted by atomic mass is 16.2. The van der Waals surface area contributed by atoms with Crippen molar-refractivity contribution >= 4 is 11.8 Å². The van der Waals surface area contributed by atoms with Crippen LogP contribution < -0.4 is 10.6 Å². The predicted molar refractivity (Wildman–Crippen MR) is 73.6 cm³/mol. The van der Waals surface area contributed by atoms with E-state index in [1.165, 1.54) is 6.42 Å². The smallest absolute Gasteiger partial charge is 0.224 e. The maximum atomic E-state index is 12.0. The van der Waals surface area contributed by atoms with E-state index in [9.17, 15) is 9.59 Å². The Bertz CT molecular complexity index is 342. The number of nitrogens with one attached hydrogen (secondary N) is 2. The third-order valence-corrected chi connectivity index (χ3v) is 4.39. The molecule has 0 aromatic rings. The number of carbonyl (C=O) groups excluding carboxylic acids is 2. The van der Waals surface area contributed by atoms with Crippen LogP contribution in [0.1, 0.15) is 39.5 Å². The molecule has 0 radical (unpaired) electrons. The maximum Gasteiger partial charge on any atom is 0.224 e. The Labute approximate surface area is 115 Å². The van der Waals surface area contributed by atoms with Gasteiger partial charge in [-0.05, 0) is 33.1 Å². The Hall–Kier alpha value is -1.10. The van der Waals surface area contributed by atoms with Crippen LogP contribution in [0, 0.1) is 5.92 Å². The first-order valence-electron chi connectivity index (χ1n) is 7.47. The number of hydrogen-bond donors (Lipinski definition) is 2. The van der Waals surface area contributed by atoms with Crippen LogP contribution in [0.4, 0.5) is 0 Å². The van der Waals surface area contributed by atoms with E-state index in [0.717, 1.165) is 25.9 Å². The maximum absolute atomic E-state index is 12.0. The van der Waals surface area contributed by atoms with E-state index in [4.69, 9.17) is 0 Å². The molecule has 108 valence electrons. The molecule has 2 fully saturated rings. The van der Waals surface area contributed by atoms with Gasteiger partial charge >= 0.3 is 0 Å². The summed E-state index contributed by atoms with van der Waals surface area (Å²) in [5, 5.41) is 6.38. The predicted octanol–water partition coefficient (Wildman–Crippen LogP) is 0.502. The SMILES string of the molecule is CCN(CC)C(=O)CCNC(=O)C1CC2CCC1N2. The lowest BCUT2D eigenvalue weighted by molar-refractivity contribution is -0.131. The highest BCUT2D eigenvalue weighted by Gasteiger charge is 2.42. The summed E-state index contributed by atoms with van der Waals surface area (Å²) < 4.78 is 0. The molecule has 0 saturated carbocycles. The van der Waals surface area contributed by atoms with Gasteiger partial charge in [0.25, 0.3) is 0 Å². The summed E-state index contributed by atoms with van der Waals surface area (Å²) in [6.45, 7) is 5.88. The molecule has 5 nitrogen and oxygen atoms in total. The highest BCUT2D eigenvalue weighted by Crippen LogP contribution is 2.33. The summed E-state index contributed by atoms with van der Waals surface area (Å²) in [5.74, 6) is 0.353. The Morgan fingerprint density at radius 1 is 1.26 bits per heavy atom. The highest BCUT2D eigenvalue weighted by molar-refractivity contribution is 5.81. The van der Waals surface area contributed by atoms with Crippen molar-refractivity contribution in [3.63, 3.8) is 0 Å². The van der Waals surface area contributed by atoms with E-state index in [2.05, 4.69) is 10.6 Å². The standard InChI is InChI=1S/C14H25N3O2/c1-3-17(4-2)13(18)7-8-15-14(19)11-9-10-5-6-12(11)16-10/h10-12,16H,3-9H2,1-2H3,(H,15,19). The number of hydrogen-bond acceptors (Lipinski definition) is 3. The van der Waals surface area contributed by atoms with Crippen molar-refractivity contribution in [1.82, 2.24) is 15.5 Å². The first-order chi connectivity index (χ1) is 9.15. The molecule has 3 unspecified atom stereocenters. The monoisotopic (exact) mass is 267 g/mol. The summed E-state index contributed by atoms with van der Waals surface area (Å²) >= 11 is 0. The largest absolute Gasteiger partial charge is 0.355 e. The number of amides is 2. The van der Waals surface area contributed by atoms with Crippen LogP contribution in [0.5, 0.6) is 0 Å². The van der Waals surface area contributed by atoms with Gasteiger partial charge in [0.2, 0.25) is 11.8 Å². The third-order valence-electron chi connectivity index (χ3n) is 4.39. The second-order valence-electron chi connectivity index (χ2n) is 5.50. The van der Waals surface area contributed by atoms with Crippen molar-refractivity contribution in [1.29, 1.82) is 0 Å². The topological polar surface area (TPSA) is 61.4 Å². The van der Waals surface area contributed by atoms with Gasteiger partial charge in [0.05, 0.1) is 5.92 Å². The summed E-state index contributed by atoms with van der Waals surface area (Å²) in [7, 11) is 0. The molecule has 2 aliphatic rings. The molecule has 19 heavy (non-hydrogen) atoms. The van der Waals surface area contributed by atoms with Gasteiger partial charge in [0, 0.05) is 38.1 Å². The summed E-state index contributed by atoms with van der Waals surface area (Å²) in [4.78, 5) is 25.6. The van der Waals surface area contributed by atoms with Crippen LogP contribution in [-0.2, 0) is 9.59 Å². The number of fused-ring (bicyclic) bond motifs is 2. The summed E-state index contributed by atoms with van der Waals surface area (Å²) in [6, 6.07) is 0.904. The van der Waals surface area contributed by atoms with E-state index in [1.54, 1.807) is 4.90 Å². The van der Waals surface area contributed by atoms with E-state index in [-0.39, 0.29) is 17.7 Å². The molecule has 3 atom stereocenters. The van der Waals surface area contributed by atoms with Crippen LogP contribution in [0.15, 0.2) is 0 Å². The first-order valence-corrected chi connectivity index (χ1v) is 7.47. The van der Waals surface area contributed by atoms with Crippen LogP contribution >= 0.6 is 0 Å². The van der Waals surface area contributed by atoms with Gasteiger partial charge < -0.3 is 15.5 Å². The number of nitrogens with zero attached hydrogens (tertiary/aromatic N) is 1. The normalized spacial score (nSPS) is 28.4. The van der Waals surface area contributed by atoms with E-state index in [0.29, 0.717) is 25.0 Å². The molecule has 0 aromatic heterocycles.